The molecule has 0 atom stereocenters. The standard InChI is InChI=1S/C26H26ClN3O2/c1-31-23-5-2-19(3-6-23)20-14-21(17-28-16-20)25-18-30(9-8-29-10-12-32-13-11-29)26-7-4-22(27)15-24(25)26/h2-7,14-18H,8-13H2,1H3. The lowest BCUT2D eigenvalue weighted by Crippen LogP contribution is -2.38. The molecule has 1 saturated heterocycles. The van der Waals surface area contributed by atoms with E-state index in [4.69, 9.17) is 21.1 Å². The van der Waals surface area contributed by atoms with Gasteiger partial charge in [-0.3, -0.25) is 9.88 Å². The van der Waals surface area contributed by atoms with E-state index in [1.807, 2.05) is 30.6 Å². The fourth-order valence-electron chi connectivity index (χ4n) is 4.29. The molecule has 0 amide bonds. The average Bonchev–Trinajstić information content (AvgIpc) is 3.21. The van der Waals surface area contributed by atoms with Crippen LogP contribution in [0.5, 0.6) is 5.75 Å². The van der Waals surface area contributed by atoms with Crippen LogP contribution in [-0.4, -0.2) is 54.4 Å². The SMILES string of the molecule is COc1ccc(-c2cncc(-c3cn(CCN4CCOCC4)c4ccc(Cl)cc34)c2)cc1. The maximum atomic E-state index is 6.38. The Balaban J connectivity index is 1.49. The Morgan fingerprint density at radius 1 is 0.938 bits per heavy atom. The van der Waals surface area contributed by atoms with Crippen molar-refractivity contribution in [2.75, 3.05) is 40.0 Å². The Morgan fingerprint density at radius 3 is 2.50 bits per heavy atom. The highest BCUT2D eigenvalue weighted by Gasteiger charge is 2.15. The second-order valence-corrected chi connectivity index (χ2v) is 8.48. The smallest absolute Gasteiger partial charge is 0.118 e. The summed E-state index contributed by atoms with van der Waals surface area (Å²) in [7, 11) is 1.68. The molecule has 2 aromatic carbocycles. The maximum Gasteiger partial charge on any atom is 0.118 e. The zero-order chi connectivity index (χ0) is 21.9. The monoisotopic (exact) mass is 447 g/mol. The fraction of sp³-hybridized carbons (Fsp3) is 0.269. The molecule has 4 aromatic rings. The van der Waals surface area contributed by atoms with Gasteiger partial charge in [0.15, 0.2) is 0 Å². The molecule has 1 aliphatic rings. The van der Waals surface area contributed by atoms with Gasteiger partial charge < -0.3 is 14.0 Å². The predicted octanol–water partition coefficient (Wildman–Crippen LogP) is 5.36. The summed E-state index contributed by atoms with van der Waals surface area (Å²) in [6.07, 6.45) is 6.06. The Labute approximate surface area is 193 Å². The summed E-state index contributed by atoms with van der Waals surface area (Å²) in [5, 5.41) is 1.89. The quantitative estimate of drug-likeness (QED) is 0.398. The normalized spacial score (nSPS) is 14.7. The number of rotatable bonds is 6. The van der Waals surface area contributed by atoms with Gasteiger partial charge in [-0.15, -0.1) is 0 Å². The first kappa shape index (κ1) is 21.0. The number of fused-ring (bicyclic) bond motifs is 1. The van der Waals surface area contributed by atoms with Crippen LogP contribution in [0.25, 0.3) is 33.2 Å². The maximum absolute atomic E-state index is 6.38. The van der Waals surface area contributed by atoms with Crippen molar-refractivity contribution >= 4 is 22.5 Å². The molecule has 0 spiro atoms. The van der Waals surface area contributed by atoms with Gasteiger partial charge in [-0.25, -0.2) is 0 Å². The molecule has 1 fully saturated rings. The summed E-state index contributed by atoms with van der Waals surface area (Å²) in [5.74, 6) is 0.843. The summed E-state index contributed by atoms with van der Waals surface area (Å²) in [6.45, 7) is 5.54. The first-order valence-corrected chi connectivity index (χ1v) is 11.3. The molecule has 1 aliphatic heterocycles. The largest absolute Gasteiger partial charge is 0.497 e. The first-order chi connectivity index (χ1) is 15.7. The van der Waals surface area contributed by atoms with Crippen molar-refractivity contribution in [3.8, 4) is 28.0 Å². The molecule has 0 radical (unpaired) electrons. The molecule has 32 heavy (non-hydrogen) atoms. The van der Waals surface area contributed by atoms with E-state index in [9.17, 15) is 0 Å². The van der Waals surface area contributed by atoms with Crippen LogP contribution in [-0.2, 0) is 11.3 Å². The van der Waals surface area contributed by atoms with E-state index < -0.39 is 0 Å². The van der Waals surface area contributed by atoms with Gasteiger partial charge in [0.2, 0.25) is 0 Å². The number of benzene rings is 2. The molecule has 2 aromatic heterocycles. The minimum atomic E-state index is 0.740. The molecule has 164 valence electrons. The van der Waals surface area contributed by atoms with Crippen LogP contribution in [0.15, 0.2) is 67.1 Å². The molecular formula is C26H26ClN3O2. The molecule has 6 heteroatoms. The number of methoxy groups -OCH3 is 1. The third kappa shape index (κ3) is 4.37. The van der Waals surface area contributed by atoms with E-state index in [1.165, 1.54) is 5.52 Å². The molecule has 0 aliphatic carbocycles. The van der Waals surface area contributed by atoms with Gasteiger partial charge in [-0.05, 0) is 42.0 Å². The van der Waals surface area contributed by atoms with Crippen LogP contribution in [0.3, 0.4) is 0 Å². The van der Waals surface area contributed by atoms with Crippen LogP contribution in [0, 0.1) is 0 Å². The van der Waals surface area contributed by atoms with Gasteiger partial charge in [0.05, 0.1) is 20.3 Å². The fourth-order valence-corrected chi connectivity index (χ4v) is 4.46. The zero-order valence-electron chi connectivity index (χ0n) is 18.1. The van der Waals surface area contributed by atoms with E-state index in [2.05, 4.69) is 51.0 Å². The third-order valence-electron chi connectivity index (χ3n) is 6.08. The molecule has 5 rings (SSSR count). The number of morpholine rings is 1. The number of hydrogen-bond acceptors (Lipinski definition) is 4. The Bertz CT molecular complexity index is 1210. The van der Waals surface area contributed by atoms with Gasteiger partial charge >= 0.3 is 0 Å². The van der Waals surface area contributed by atoms with E-state index >= 15 is 0 Å². The van der Waals surface area contributed by atoms with Crippen LogP contribution in [0.4, 0.5) is 0 Å². The van der Waals surface area contributed by atoms with Crippen molar-refractivity contribution in [2.45, 2.75) is 6.54 Å². The number of hydrogen-bond donors (Lipinski definition) is 0. The molecule has 0 saturated carbocycles. The highest BCUT2D eigenvalue weighted by molar-refractivity contribution is 6.31. The van der Waals surface area contributed by atoms with Crippen molar-refractivity contribution in [3.05, 3.63) is 72.1 Å². The van der Waals surface area contributed by atoms with Crippen molar-refractivity contribution in [2.24, 2.45) is 0 Å². The average molecular weight is 448 g/mol. The highest BCUT2D eigenvalue weighted by Crippen LogP contribution is 2.34. The van der Waals surface area contributed by atoms with Crippen LogP contribution in [0.2, 0.25) is 5.02 Å². The predicted molar refractivity (Wildman–Crippen MR) is 129 cm³/mol. The second kappa shape index (κ2) is 9.33. The second-order valence-electron chi connectivity index (χ2n) is 8.04. The van der Waals surface area contributed by atoms with Gasteiger partial charge in [-0.1, -0.05) is 23.7 Å². The molecular weight excluding hydrogens is 422 g/mol. The summed E-state index contributed by atoms with van der Waals surface area (Å²) in [5.41, 5.74) is 5.59. The number of pyridine rings is 1. The third-order valence-corrected chi connectivity index (χ3v) is 6.31. The summed E-state index contributed by atoms with van der Waals surface area (Å²) in [6, 6.07) is 16.4. The minimum Gasteiger partial charge on any atom is -0.497 e. The van der Waals surface area contributed by atoms with Crippen LogP contribution >= 0.6 is 11.6 Å². The van der Waals surface area contributed by atoms with Gasteiger partial charge in [0.1, 0.15) is 5.75 Å². The first-order valence-electron chi connectivity index (χ1n) is 10.9. The van der Waals surface area contributed by atoms with Crippen molar-refractivity contribution in [1.29, 1.82) is 0 Å². The lowest BCUT2D eigenvalue weighted by atomic mass is 10.0. The lowest BCUT2D eigenvalue weighted by molar-refractivity contribution is 0.0365. The molecule has 3 heterocycles. The molecule has 0 unspecified atom stereocenters. The molecule has 5 nitrogen and oxygen atoms in total. The lowest BCUT2D eigenvalue weighted by Gasteiger charge is -2.26. The van der Waals surface area contributed by atoms with Crippen LogP contribution in [0.1, 0.15) is 0 Å². The minimum absolute atomic E-state index is 0.740. The van der Waals surface area contributed by atoms with E-state index in [-0.39, 0.29) is 0 Å². The van der Waals surface area contributed by atoms with Crippen molar-refractivity contribution in [3.63, 3.8) is 0 Å². The number of ether oxygens (including phenoxy) is 2. The van der Waals surface area contributed by atoms with Gasteiger partial charge in [-0.2, -0.15) is 0 Å². The Kier molecular flexibility index (Phi) is 6.12. The molecule has 0 N–H and O–H groups in total. The van der Waals surface area contributed by atoms with Gasteiger partial charge in [0, 0.05) is 77.4 Å². The number of aromatic nitrogens is 2. The summed E-state index contributed by atoms with van der Waals surface area (Å²) >= 11 is 6.38. The topological polar surface area (TPSA) is 39.5 Å². The number of nitrogens with zero attached hydrogens (tertiary/aromatic N) is 3. The van der Waals surface area contributed by atoms with E-state index in [0.29, 0.717) is 0 Å². The zero-order valence-corrected chi connectivity index (χ0v) is 18.9. The summed E-state index contributed by atoms with van der Waals surface area (Å²) in [4.78, 5) is 7.00. The Morgan fingerprint density at radius 2 is 1.72 bits per heavy atom. The molecule has 0 bridgehead atoms. The van der Waals surface area contributed by atoms with Crippen LogP contribution < -0.4 is 4.74 Å². The Hall–Kier alpha value is -2.86. The van der Waals surface area contributed by atoms with E-state index in [1.54, 1.807) is 7.11 Å². The van der Waals surface area contributed by atoms with E-state index in [0.717, 1.165) is 77.8 Å². The van der Waals surface area contributed by atoms with Crippen molar-refractivity contribution in [1.82, 2.24) is 14.5 Å². The number of halogens is 1. The van der Waals surface area contributed by atoms with Crippen molar-refractivity contribution < 1.29 is 9.47 Å². The summed E-state index contributed by atoms with van der Waals surface area (Å²) < 4.78 is 13.1. The highest BCUT2D eigenvalue weighted by atomic mass is 35.5. The van der Waals surface area contributed by atoms with Gasteiger partial charge in [0.25, 0.3) is 0 Å².